The van der Waals surface area contributed by atoms with Gasteiger partial charge in [0.2, 0.25) is 0 Å². The van der Waals surface area contributed by atoms with E-state index in [4.69, 9.17) is 4.74 Å². The molecule has 0 spiro atoms. The molecular formula is C21H23N3O4S. The third-order valence-electron chi connectivity index (χ3n) is 5.19. The van der Waals surface area contributed by atoms with Crippen LogP contribution in [-0.2, 0) is 16.4 Å². The molecular weight excluding hydrogens is 390 g/mol. The van der Waals surface area contributed by atoms with Crippen molar-refractivity contribution < 1.29 is 17.9 Å². The van der Waals surface area contributed by atoms with Gasteiger partial charge in [0.15, 0.2) is 9.84 Å². The highest BCUT2D eigenvalue weighted by atomic mass is 32.2. The lowest BCUT2D eigenvalue weighted by Crippen LogP contribution is -2.37. The molecule has 0 bridgehead atoms. The van der Waals surface area contributed by atoms with Gasteiger partial charge in [-0.05, 0) is 43.2 Å². The molecule has 152 valence electrons. The van der Waals surface area contributed by atoms with E-state index in [0.717, 1.165) is 16.9 Å². The van der Waals surface area contributed by atoms with E-state index < -0.39 is 9.84 Å². The largest absolute Gasteiger partial charge is 0.487 e. The summed E-state index contributed by atoms with van der Waals surface area (Å²) in [6.07, 6.45) is 4.41. The summed E-state index contributed by atoms with van der Waals surface area (Å²) in [6, 6.07) is 10.6. The van der Waals surface area contributed by atoms with Crippen molar-refractivity contribution in [1.29, 1.82) is 0 Å². The van der Waals surface area contributed by atoms with E-state index in [1.54, 1.807) is 31.3 Å². The number of carbonyl (C=O) groups is 1. The zero-order valence-corrected chi connectivity index (χ0v) is 17.2. The van der Waals surface area contributed by atoms with Crippen LogP contribution in [0.15, 0.2) is 48.8 Å². The predicted molar refractivity (Wildman–Crippen MR) is 110 cm³/mol. The maximum absolute atomic E-state index is 12.8. The number of imidazole rings is 1. The van der Waals surface area contributed by atoms with Crippen LogP contribution < -0.4 is 4.74 Å². The van der Waals surface area contributed by atoms with Gasteiger partial charge in [0.1, 0.15) is 18.0 Å². The zero-order chi connectivity index (χ0) is 20.6. The van der Waals surface area contributed by atoms with Gasteiger partial charge in [-0.25, -0.2) is 13.4 Å². The lowest BCUT2D eigenvalue weighted by atomic mass is 10.1. The van der Waals surface area contributed by atoms with Gasteiger partial charge in [0, 0.05) is 31.0 Å². The van der Waals surface area contributed by atoms with Crippen molar-refractivity contribution in [3.8, 4) is 5.75 Å². The number of fused-ring (bicyclic) bond motifs is 1. The van der Waals surface area contributed by atoms with E-state index in [1.807, 2.05) is 35.9 Å². The van der Waals surface area contributed by atoms with Crippen LogP contribution in [0.25, 0.3) is 5.65 Å². The molecule has 3 heterocycles. The Hall–Kier alpha value is -2.87. The summed E-state index contributed by atoms with van der Waals surface area (Å²) in [5, 5.41) is 0. The molecule has 0 unspecified atom stereocenters. The first-order chi connectivity index (χ1) is 13.8. The fourth-order valence-corrected chi connectivity index (χ4v) is 5.33. The first-order valence-electron chi connectivity index (χ1n) is 9.45. The second-order valence-electron chi connectivity index (χ2n) is 7.49. The molecule has 29 heavy (non-hydrogen) atoms. The van der Waals surface area contributed by atoms with Crippen LogP contribution in [0.3, 0.4) is 0 Å². The van der Waals surface area contributed by atoms with Crippen LogP contribution in [0.2, 0.25) is 0 Å². The van der Waals surface area contributed by atoms with E-state index in [2.05, 4.69) is 4.98 Å². The van der Waals surface area contributed by atoms with Crippen molar-refractivity contribution in [3.63, 3.8) is 0 Å². The van der Waals surface area contributed by atoms with Crippen molar-refractivity contribution in [2.45, 2.75) is 26.0 Å². The topological polar surface area (TPSA) is 81.0 Å². The summed E-state index contributed by atoms with van der Waals surface area (Å²) in [6.45, 7) is 2.31. The predicted octanol–water partition coefficient (Wildman–Crippen LogP) is 2.48. The van der Waals surface area contributed by atoms with Crippen molar-refractivity contribution in [2.24, 2.45) is 0 Å². The number of hydrogen-bond acceptors (Lipinski definition) is 5. The number of sulfone groups is 1. The molecule has 7 nitrogen and oxygen atoms in total. The van der Waals surface area contributed by atoms with E-state index in [1.165, 1.54) is 4.90 Å². The lowest BCUT2D eigenvalue weighted by Gasteiger charge is -2.23. The molecule has 1 atom stereocenters. The van der Waals surface area contributed by atoms with Crippen LogP contribution in [0.1, 0.15) is 28.0 Å². The average molecular weight is 413 g/mol. The molecule has 1 fully saturated rings. The smallest absolute Gasteiger partial charge is 0.254 e. The van der Waals surface area contributed by atoms with Gasteiger partial charge in [0.05, 0.1) is 17.2 Å². The molecule has 1 amide bonds. The van der Waals surface area contributed by atoms with Gasteiger partial charge in [-0.3, -0.25) is 4.79 Å². The van der Waals surface area contributed by atoms with Crippen molar-refractivity contribution in [1.82, 2.24) is 14.3 Å². The monoisotopic (exact) mass is 413 g/mol. The number of aryl methyl sites for hydroxylation is 1. The third-order valence-corrected chi connectivity index (χ3v) is 6.94. The van der Waals surface area contributed by atoms with Crippen LogP contribution in [0.5, 0.6) is 5.75 Å². The van der Waals surface area contributed by atoms with Crippen LogP contribution in [0, 0.1) is 6.92 Å². The zero-order valence-electron chi connectivity index (χ0n) is 16.4. The van der Waals surface area contributed by atoms with Crippen molar-refractivity contribution in [3.05, 3.63) is 65.6 Å². The minimum Gasteiger partial charge on any atom is -0.487 e. The Balaban J connectivity index is 1.44. The Bertz CT molecular complexity index is 1170. The molecule has 0 aliphatic carbocycles. The summed E-state index contributed by atoms with van der Waals surface area (Å²) in [5.41, 5.74) is 3.26. The Kier molecular flexibility index (Phi) is 5.04. The van der Waals surface area contributed by atoms with Gasteiger partial charge in [0.25, 0.3) is 5.91 Å². The van der Waals surface area contributed by atoms with E-state index in [0.29, 0.717) is 17.7 Å². The second-order valence-corrected chi connectivity index (χ2v) is 9.72. The average Bonchev–Trinajstić information content (AvgIpc) is 3.27. The molecule has 1 aliphatic rings. The Morgan fingerprint density at radius 3 is 2.86 bits per heavy atom. The number of amides is 1. The SMILES string of the molecule is Cc1ccc2nc(COc3cccc(C(=O)N(C)[C@@H]4CCS(=O)(=O)C4)c3)cn2c1. The number of carbonyl (C=O) groups excluding carboxylic acids is 1. The van der Waals surface area contributed by atoms with Gasteiger partial charge >= 0.3 is 0 Å². The lowest BCUT2D eigenvalue weighted by molar-refractivity contribution is 0.0747. The first kappa shape index (κ1) is 19.4. The molecule has 1 aromatic carbocycles. The summed E-state index contributed by atoms with van der Waals surface area (Å²) in [5.74, 6) is 0.521. The number of benzene rings is 1. The second kappa shape index (κ2) is 7.51. The highest BCUT2D eigenvalue weighted by Gasteiger charge is 2.33. The Labute approximate surface area is 169 Å². The van der Waals surface area contributed by atoms with Gasteiger partial charge in [-0.15, -0.1) is 0 Å². The van der Waals surface area contributed by atoms with Crippen molar-refractivity contribution in [2.75, 3.05) is 18.6 Å². The fraction of sp³-hybridized carbons (Fsp3) is 0.333. The Morgan fingerprint density at radius 2 is 2.10 bits per heavy atom. The maximum atomic E-state index is 12.8. The van der Waals surface area contributed by atoms with Gasteiger partial charge < -0.3 is 14.0 Å². The molecule has 0 saturated carbocycles. The number of aromatic nitrogens is 2. The molecule has 4 rings (SSSR count). The quantitative estimate of drug-likeness (QED) is 0.642. The molecule has 1 saturated heterocycles. The first-order valence-corrected chi connectivity index (χ1v) is 11.3. The van der Waals surface area contributed by atoms with Gasteiger partial charge in [-0.1, -0.05) is 12.1 Å². The minimum atomic E-state index is -3.05. The number of ether oxygens (including phenoxy) is 1. The number of nitrogens with zero attached hydrogens (tertiary/aromatic N) is 3. The van der Waals surface area contributed by atoms with E-state index in [-0.39, 0.29) is 30.1 Å². The van der Waals surface area contributed by atoms with Crippen LogP contribution >= 0.6 is 0 Å². The number of pyridine rings is 1. The Morgan fingerprint density at radius 1 is 1.28 bits per heavy atom. The van der Waals surface area contributed by atoms with Gasteiger partial charge in [-0.2, -0.15) is 0 Å². The van der Waals surface area contributed by atoms with Crippen molar-refractivity contribution >= 4 is 21.4 Å². The number of rotatable bonds is 5. The summed E-state index contributed by atoms with van der Waals surface area (Å²) in [7, 11) is -1.39. The van der Waals surface area contributed by atoms with Crippen LogP contribution in [0.4, 0.5) is 0 Å². The summed E-state index contributed by atoms with van der Waals surface area (Å²) >= 11 is 0. The standard InChI is InChI=1S/C21H23N3O4S/c1-15-6-7-20-22-17(12-24(20)11-15)13-28-19-5-3-4-16(10-19)21(25)23(2)18-8-9-29(26,27)14-18/h3-7,10-12,18H,8-9,13-14H2,1-2H3/t18-/m1/s1. The minimum absolute atomic E-state index is 0.0266. The van der Waals surface area contributed by atoms with E-state index >= 15 is 0 Å². The molecule has 3 aromatic rings. The maximum Gasteiger partial charge on any atom is 0.254 e. The molecule has 8 heteroatoms. The highest BCUT2D eigenvalue weighted by molar-refractivity contribution is 7.91. The fourth-order valence-electron chi connectivity index (χ4n) is 3.55. The third kappa shape index (κ3) is 4.27. The highest BCUT2D eigenvalue weighted by Crippen LogP contribution is 2.21. The number of hydrogen-bond donors (Lipinski definition) is 0. The summed E-state index contributed by atoms with van der Waals surface area (Å²) in [4.78, 5) is 18.8. The van der Waals surface area contributed by atoms with Crippen LogP contribution in [-0.4, -0.2) is 53.2 Å². The normalized spacial score (nSPS) is 18.1. The molecule has 0 N–H and O–H groups in total. The summed E-state index contributed by atoms with van der Waals surface area (Å²) < 4.78 is 31.2. The molecule has 2 aromatic heterocycles. The van der Waals surface area contributed by atoms with E-state index in [9.17, 15) is 13.2 Å². The molecule has 1 aliphatic heterocycles. The molecule has 0 radical (unpaired) electrons.